The van der Waals surface area contributed by atoms with Crippen LogP contribution in [-0.4, -0.2) is 8.42 Å². The van der Waals surface area contributed by atoms with E-state index in [1.54, 1.807) is 0 Å². The highest BCUT2D eigenvalue weighted by Gasteiger charge is 2.23. The molecule has 2 aromatic carbocycles. The van der Waals surface area contributed by atoms with E-state index in [0.717, 1.165) is 11.1 Å². The van der Waals surface area contributed by atoms with Crippen LogP contribution in [-0.2, 0) is 10.0 Å². The lowest BCUT2D eigenvalue weighted by Crippen LogP contribution is -2.17. The zero-order chi connectivity index (χ0) is 15.8. The van der Waals surface area contributed by atoms with Crippen LogP contribution in [0.4, 0.5) is 11.4 Å². The van der Waals surface area contributed by atoms with Crippen molar-refractivity contribution in [3.05, 3.63) is 51.5 Å². The van der Waals surface area contributed by atoms with Crippen molar-refractivity contribution in [2.75, 3.05) is 10.5 Å². The fourth-order valence-corrected chi connectivity index (χ4v) is 4.22. The monoisotopic (exact) mass is 344 g/mol. The first-order valence-electron chi connectivity index (χ1n) is 6.06. The number of rotatable bonds is 3. The molecule has 112 valence electrons. The third kappa shape index (κ3) is 3.26. The van der Waals surface area contributed by atoms with Gasteiger partial charge in [-0.1, -0.05) is 41.4 Å². The molecule has 7 heteroatoms. The van der Waals surface area contributed by atoms with Crippen LogP contribution in [0.2, 0.25) is 10.0 Å². The number of benzene rings is 2. The molecule has 0 aliphatic carbocycles. The highest BCUT2D eigenvalue weighted by Crippen LogP contribution is 2.33. The topological polar surface area (TPSA) is 72.2 Å². The van der Waals surface area contributed by atoms with E-state index in [0.29, 0.717) is 5.69 Å². The van der Waals surface area contributed by atoms with Gasteiger partial charge in [-0.3, -0.25) is 4.72 Å². The third-order valence-electron chi connectivity index (χ3n) is 3.02. The maximum Gasteiger partial charge on any atom is 0.265 e. The Morgan fingerprint density at radius 3 is 2.19 bits per heavy atom. The Hall–Kier alpha value is -1.43. The molecule has 0 heterocycles. The number of nitrogens with one attached hydrogen (secondary N) is 1. The average molecular weight is 345 g/mol. The van der Waals surface area contributed by atoms with E-state index in [1.165, 1.54) is 12.1 Å². The van der Waals surface area contributed by atoms with Crippen molar-refractivity contribution in [3.63, 3.8) is 0 Å². The summed E-state index contributed by atoms with van der Waals surface area (Å²) in [6.45, 7) is 3.63. The summed E-state index contributed by atoms with van der Waals surface area (Å²) in [5, 5.41) is 0.266. The molecule has 0 atom stereocenters. The van der Waals surface area contributed by atoms with Crippen LogP contribution >= 0.6 is 23.2 Å². The van der Waals surface area contributed by atoms with Gasteiger partial charge in [0.15, 0.2) is 0 Å². The Morgan fingerprint density at radius 1 is 1.10 bits per heavy atom. The minimum atomic E-state index is -3.90. The van der Waals surface area contributed by atoms with Crippen LogP contribution in [0, 0.1) is 13.8 Å². The van der Waals surface area contributed by atoms with Crippen molar-refractivity contribution in [2.45, 2.75) is 18.7 Å². The molecule has 0 aromatic heterocycles. The van der Waals surface area contributed by atoms with Crippen LogP contribution in [0.1, 0.15) is 11.1 Å². The molecular weight excluding hydrogens is 331 g/mol. The molecule has 0 unspecified atom stereocenters. The molecule has 0 aliphatic heterocycles. The van der Waals surface area contributed by atoms with E-state index in [9.17, 15) is 8.42 Å². The lowest BCUT2D eigenvalue weighted by Gasteiger charge is -2.15. The molecule has 0 aliphatic rings. The fraction of sp³-hybridized carbons (Fsp3) is 0.143. The van der Waals surface area contributed by atoms with Gasteiger partial charge in [0, 0.05) is 5.02 Å². The fourth-order valence-electron chi connectivity index (χ4n) is 2.02. The van der Waals surface area contributed by atoms with Crippen LogP contribution in [0.3, 0.4) is 0 Å². The molecule has 0 fully saturated rings. The lowest BCUT2D eigenvalue weighted by atomic mass is 10.1. The van der Waals surface area contributed by atoms with Gasteiger partial charge in [0.05, 0.1) is 16.4 Å². The van der Waals surface area contributed by atoms with Gasteiger partial charge < -0.3 is 5.73 Å². The minimum Gasteiger partial charge on any atom is -0.398 e. The van der Waals surface area contributed by atoms with Crippen LogP contribution in [0.15, 0.2) is 35.2 Å². The lowest BCUT2D eigenvalue weighted by molar-refractivity contribution is 0.601. The highest BCUT2D eigenvalue weighted by molar-refractivity contribution is 7.93. The van der Waals surface area contributed by atoms with Crippen molar-refractivity contribution >= 4 is 44.6 Å². The van der Waals surface area contributed by atoms with Gasteiger partial charge in [0.1, 0.15) is 4.90 Å². The molecule has 0 bridgehead atoms. The van der Waals surface area contributed by atoms with Crippen molar-refractivity contribution in [1.82, 2.24) is 0 Å². The Bertz CT molecular complexity index is 761. The van der Waals surface area contributed by atoms with Gasteiger partial charge in [-0.2, -0.15) is 0 Å². The quantitative estimate of drug-likeness (QED) is 0.826. The van der Waals surface area contributed by atoms with Gasteiger partial charge in [-0.15, -0.1) is 0 Å². The largest absolute Gasteiger partial charge is 0.398 e. The van der Waals surface area contributed by atoms with E-state index < -0.39 is 10.0 Å². The standard InChI is InChI=1S/C14H14Cl2N2O2S/c1-8-4-3-5-9(2)13(8)18-21(19,20)14-11(16)6-10(15)7-12(14)17/h3-7,18H,17H2,1-2H3. The molecule has 2 aromatic rings. The van der Waals surface area contributed by atoms with Crippen molar-refractivity contribution < 1.29 is 8.42 Å². The second-order valence-electron chi connectivity index (χ2n) is 4.68. The van der Waals surface area contributed by atoms with Crippen LogP contribution < -0.4 is 10.5 Å². The zero-order valence-corrected chi connectivity index (χ0v) is 13.8. The van der Waals surface area contributed by atoms with Gasteiger partial charge in [0.25, 0.3) is 10.0 Å². The van der Waals surface area contributed by atoms with Gasteiger partial charge in [0.2, 0.25) is 0 Å². The van der Waals surface area contributed by atoms with Crippen molar-refractivity contribution in [3.8, 4) is 0 Å². The molecule has 0 radical (unpaired) electrons. The molecule has 4 nitrogen and oxygen atoms in total. The Kier molecular flexibility index (Phi) is 4.37. The maximum atomic E-state index is 12.5. The number of nitrogen functional groups attached to an aromatic ring is 1. The predicted molar refractivity (Wildman–Crippen MR) is 87.6 cm³/mol. The maximum absolute atomic E-state index is 12.5. The summed E-state index contributed by atoms with van der Waals surface area (Å²) in [6.07, 6.45) is 0. The number of hydrogen-bond acceptors (Lipinski definition) is 3. The van der Waals surface area contributed by atoms with Crippen molar-refractivity contribution in [2.24, 2.45) is 0 Å². The summed E-state index contributed by atoms with van der Waals surface area (Å²) in [4.78, 5) is -0.170. The second kappa shape index (κ2) is 5.75. The first kappa shape index (κ1) is 15.9. The molecule has 0 amide bonds. The molecular formula is C14H14Cl2N2O2S. The number of hydrogen-bond donors (Lipinski definition) is 2. The van der Waals surface area contributed by atoms with Crippen LogP contribution in [0.25, 0.3) is 0 Å². The normalized spacial score (nSPS) is 11.4. The molecule has 0 spiro atoms. The molecule has 0 saturated carbocycles. The van der Waals surface area contributed by atoms with E-state index >= 15 is 0 Å². The van der Waals surface area contributed by atoms with Gasteiger partial charge >= 0.3 is 0 Å². The number of sulfonamides is 1. The number of anilines is 2. The number of nitrogens with two attached hydrogens (primary N) is 1. The van der Waals surface area contributed by atoms with Gasteiger partial charge in [-0.25, -0.2) is 8.42 Å². The highest BCUT2D eigenvalue weighted by atomic mass is 35.5. The third-order valence-corrected chi connectivity index (χ3v) is 5.12. The Morgan fingerprint density at radius 2 is 1.67 bits per heavy atom. The number of halogens is 2. The van der Waals surface area contributed by atoms with E-state index in [1.807, 2.05) is 32.0 Å². The number of para-hydroxylation sites is 1. The summed E-state index contributed by atoms with van der Waals surface area (Å²) in [6, 6.07) is 8.19. The molecule has 0 saturated heterocycles. The second-order valence-corrected chi connectivity index (χ2v) is 7.14. The Balaban J connectivity index is 2.54. The first-order valence-corrected chi connectivity index (χ1v) is 8.30. The summed E-state index contributed by atoms with van der Waals surface area (Å²) < 4.78 is 27.6. The van der Waals surface area contributed by atoms with E-state index in [2.05, 4.69) is 4.72 Å². The average Bonchev–Trinajstić information content (AvgIpc) is 2.32. The van der Waals surface area contributed by atoms with E-state index in [-0.39, 0.29) is 20.6 Å². The summed E-state index contributed by atoms with van der Waals surface area (Å²) in [7, 11) is -3.90. The Labute approximate surface area is 133 Å². The van der Waals surface area contributed by atoms with Gasteiger partial charge in [-0.05, 0) is 37.1 Å². The molecule has 2 rings (SSSR count). The summed E-state index contributed by atoms with van der Waals surface area (Å²) in [5.41, 5.74) is 7.89. The SMILES string of the molecule is Cc1cccc(C)c1NS(=O)(=O)c1c(N)cc(Cl)cc1Cl. The smallest absolute Gasteiger partial charge is 0.265 e. The summed E-state index contributed by atoms with van der Waals surface area (Å²) in [5.74, 6) is 0. The van der Waals surface area contributed by atoms with Crippen molar-refractivity contribution in [1.29, 1.82) is 0 Å². The van der Waals surface area contributed by atoms with E-state index in [4.69, 9.17) is 28.9 Å². The number of aryl methyl sites for hydroxylation is 2. The zero-order valence-electron chi connectivity index (χ0n) is 11.4. The van der Waals surface area contributed by atoms with Crippen LogP contribution in [0.5, 0.6) is 0 Å². The minimum absolute atomic E-state index is 0.00578. The molecule has 3 N–H and O–H groups in total. The predicted octanol–water partition coefficient (Wildman–Crippen LogP) is 3.99. The summed E-state index contributed by atoms with van der Waals surface area (Å²) >= 11 is 11.8. The molecule has 21 heavy (non-hydrogen) atoms. The first-order chi connectivity index (χ1) is 9.72.